The third kappa shape index (κ3) is 4.44. The molecule has 3 aliphatic rings. The minimum atomic E-state index is -0.302. The molecule has 0 saturated carbocycles. The third-order valence-electron chi connectivity index (χ3n) is 5.91. The van der Waals surface area contributed by atoms with Crippen molar-refractivity contribution in [1.82, 2.24) is 5.32 Å². The van der Waals surface area contributed by atoms with Crippen molar-refractivity contribution in [3.8, 4) is 0 Å². The highest BCUT2D eigenvalue weighted by atomic mass is 32.2. The molecular weight excluding hydrogens is 444 g/mol. The second kappa shape index (κ2) is 9.68. The van der Waals surface area contributed by atoms with E-state index in [2.05, 4.69) is 10.6 Å². The van der Waals surface area contributed by atoms with E-state index in [1.807, 2.05) is 30.3 Å². The number of fused-ring (bicyclic) bond motifs is 1. The second-order valence-electron chi connectivity index (χ2n) is 8.08. The molecule has 6 nitrogen and oxygen atoms in total. The molecule has 2 N–H and O–H groups in total. The minimum absolute atomic E-state index is 0.0786. The van der Waals surface area contributed by atoms with Gasteiger partial charge in [0.2, 0.25) is 0 Å². The Labute approximate surface area is 195 Å². The molecule has 168 valence electrons. The quantitative estimate of drug-likeness (QED) is 0.661. The average Bonchev–Trinajstić information content (AvgIpc) is 3.56. The lowest BCUT2D eigenvalue weighted by Gasteiger charge is -2.20. The molecule has 0 bridgehead atoms. The number of thioether (sulfide) groups is 1. The van der Waals surface area contributed by atoms with Gasteiger partial charge in [0, 0.05) is 23.8 Å². The predicted octanol–water partition coefficient (Wildman–Crippen LogP) is 4.22. The molecular formula is C24H26N2O4S2. The number of benzene rings is 1. The van der Waals surface area contributed by atoms with Crippen molar-refractivity contribution in [1.29, 1.82) is 0 Å². The molecule has 1 atom stereocenters. The first-order chi connectivity index (χ1) is 15.7. The van der Waals surface area contributed by atoms with E-state index in [0.29, 0.717) is 29.5 Å². The van der Waals surface area contributed by atoms with Gasteiger partial charge in [-0.25, -0.2) is 0 Å². The number of hydrogen-bond donors (Lipinski definition) is 2. The van der Waals surface area contributed by atoms with Crippen molar-refractivity contribution < 1.29 is 19.1 Å². The standard InChI is InChI=1S/C24H26N2O4S2/c27-22(25-14-16-8-5-11-29-16)19-17-9-4-10-18(17)32-24(19)26-23(28)20-21(31-13-12-30-20)15-6-2-1-3-7-15/h1-3,6-7,16H,4-5,8-14H2,(H,25,27)(H,26,28)/t16-/m1/s1. The lowest BCUT2D eigenvalue weighted by molar-refractivity contribution is -0.115. The van der Waals surface area contributed by atoms with E-state index in [1.54, 1.807) is 11.8 Å². The van der Waals surface area contributed by atoms with Gasteiger partial charge in [0.15, 0.2) is 5.76 Å². The smallest absolute Gasteiger partial charge is 0.292 e. The second-order valence-corrected chi connectivity index (χ2v) is 10.3. The molecule has 1 aromatic heterocycles. The Balaban J connectivity index is 1.39. The molecule has 32 heavy (non-hydrogen) atoms. The molecule has 2 amide bonds. The van der Waals surface area contributed by atoms with Crippen LogP contribution in [-0.4, -0.2) is 43.4 Å². The largest absolute Gasteiger partial charge is 0.486 e. The van der Waals surface area contributed by atoms with Gasteiger partial charge in [-0.2, -0.15) is 0 Å². The molecule has 0 spiro atoms. The molecule has 8 heteroatoms. The van der Waals surface area contributed by atoms with E-state index in [1.165, 1.54) is 16.2 Å². The number of rotatable bonds is 6. The molecule has 2 aromatic rings. The van der Waals surface area contributed by atoms with E-state index in [0.717, 1.165) is 60.5 Å². The van der Waals surface area contributed by atoms with Crippen LogP contribution < -0.4 is 10.6 Å². The van der Waals surface area contributed by atoms with Crippen LogP contribution in [0, 0.1) is 0 Å². The maximum Gasteiger partial charge on any atom is 0.292 e. The maximum atomic E-state index is 13.3. The summed E-state index contributed by atoms with van der Waals surface area (Å²) in [6.07, 6.45) is 4.95. The van der Waals surface area contributed by atoms with E-state index in [4.69, 9.17) is 9.47 Å². The van der Waals surface area contributed by atoms with Gasteiger partial charge >= 0.3 is 0 Å². The van der Waals surface area contributed by atoms with E-state index in [9.17, 15) is 9.59 Å². The van der Waals surface area contributed by atoms with Crippen molar-refractivity contribution in [2.45, 2.75) is 38.2 Å². The molecule has 5 rings (SSSR count). The van der Waals surface area contributed by atoms with Crippen molar-refractivity contribution in [2.75, 3.05) is 30.8 Å². The molecule has 2 aliphatic heterocycles. The van der Waals surface area contributed by atoms with Crippen LogP contribution >= 0.6 is 23.1 Å². The summed E-state index contributed by atoms with van der Waals surface area (Å²) in [5.41, 5.74) is 2.65. The SMILES string of the molecule is O=C(Nc1sc2c(c1C(=O)NC[C@H]1CCCO1)CCC2)C1=C(c2ccccc2)SCCO1. The van der Waals surface area contributed by atoms with E-state index >= 15 is 0 Å². The van der Waals surface area contributed by atoms with E-state index in [-0.39, 0.29) is 17.9 Å². The summed E-state index contributed by atoms with van der Waals surface area (Å²) in [5.74, 6) is 0.688. The predicted molar refractivity (Wildman–Crippen MR) is 128 cm³/mol. The first-order valence-corrected chi connectivity index (χ1v) is 12.9. The van der Waals surface area contributed by atoms with Crippen molar-refractivity contribution in [3.05, 3.63) is 57.7 Å². The van der Waals surface area contributed by atoms with Crippen LogP contribution in [0.1, 0.15) is 45.6 Å². The highest BCUT2D eigenvalue weighted by Crippen LogP contribution is 2.40. The fourth-order valence-corrected chi connectivity index (χ4v) is 6.62. The van der Waals surface area contributed by atoms with Gasteiger partial charge in [-0.05, 0) is 43.2 Å². The summed E-state index contributed by atoms with van der Waals surface area (Å²) in [4.78, 5) is 28.4. The zero-order valence-electron chi connectivity index (χ0n) is 17.8. The molecule has 0 unspecified atom stereocenters. The highest BCUT2D eigenvalue weighted by Gasteiger charge is 2.30. The first kappa shape index (κ1) is 21.6. The summed E-state index contributed by atoms with van der Waals surface area (Å²) in [7, 11) is 0. The lowest BCUT2D eigenvalue weighted by atomic mass is 10.1. The topological polar surface area (TPSA) is 76.7 Å². The molecule has 1 aromatic carbocycles. The number of nitrogens with one attached hydrogen (secondary N) is 2. The molecule has 0 radical (unpaired) electrons. The average molecular weight is 471 g/mol. The lowest BCUT2D eigenvalue weighted by Crippen LogP contribution is -2.32. The number of anilines is 1. The summed E-state index contributed by atoms with van der Waals surface area (Å²) < 4.78 is 11.4. The van der Waals surface area contributed by atoms with Crippen LogP contribution in [-0.2, 0) is 27.1 Å². The first-order valence-electron chi connectivity index (χ1n) is 11.1. The highest BCUT2D eigenvalue weighted by molar-refractivity contribution is 8.08. The van der Waals surface area contributed by atoms with Crippen molar-refractivity contribution in [3.63, 3.8) is 0 Å². The normalized spacial score (nSPS) is 20.1. The number of carbonyl (C=O) groups is 2. The molecule has 3 heterocycles. The Morgan fingerprint density at radius 3 is 2.75 bits per heavy atom. The van der Waals surface area contributed by atoms with Gasteiger partial charge in [0.1, 0.15) is 5.00 Å². The minimum Gasteiger partial charge on any atom is -0.486 e. The molecule has 1 saturated heterocycles. The number of carbonyl (C=O) groups excluding carboxylic acids is 2. The third-order valence-corrected chi connectivity index (χ3v) is 8.20. The number of ether oxygens (including phenoxy) is 2. The number of amides is 2. The van der Waals surface area contributed by atoms with Crippen LogP contribution in [0.15, 0.2) is 36.1 Å². The van der Waals surface area contributed by atoms with Crippen LogP contribution in [0.25, 0.3) is 4.91 Å². The Morgan fingerprint density at radius 2 is 1.94 bits per heavy atom. The number of hydrogen-bond acceptors (Lipinski definition) is 6. The fourth-order valence-electron chi connectivity index (χ4n) is 4.38. The Kier molecular flexibility index (Phi) is 6.52. The van der Waals surface area contributed by atoms with Gasteiger partial charge < -0.3 is 20.1 Å². The Hall–Kier alpha value is -2.29. The number of thiophene rings is 1. The van der Waals surface area contributed by atoms with E-state index < -0.39 is 0 Å². The summed E-state index contributed by atoms with van der Waals surface area (Å²) in [6.45, 7) is 1.74. The van der Waals surface area contributed by atoms with Crippen LogP contribution in [0.2, 0.25) is 0 Å². The summed E-state index contributed by atoms with van der Waals surface area (Å²) in [5, 5.41) is 6.65. The Morgan fingerprint density at radius 1 is 1.06 bits per heavy atom. The molecule has 1 fully saturated rings. The zero-order valence-corrected chi connectivity index (χ0v) is 19.4. The van der Waals surface area contributed by atoms with Gasteiger partial charge in [0.25, 0.3) is 11.8 Å². The zero-order chi connectivity index (χ0) is 21.9. The summed E-state index contributed by atoms with van der Waals surface area (Å²) >= 11 is 3.14. The van der Waals surface area contributed by atoms with Crippen LogP contribution in [0.5, 0.6) is 0 Å². The Bertz CT molecular complexity index is 1040. The fraction of sp³-hybridized carbons (Fsp3) is 0.417. The van der Waals surface area contributed by atoms with Crippen molar-refractivity contribution in [2.24, 2.45) is 0 Å². The van der Waals surface area contributed by atoms with Gasteiger partial charge in [-0.3, -0.25) is 9.59 Å². The maximum absolute atomic E-state index is 13.3. The van der Waals surface area contributed by atoms with Gasteiger partial charge in [-0.15, -0.1) is 23.1 Å². The monoisotopic (exact) mass is 470 g/mol. The number of aryl methyl sites for hydroxylation is 1. The van der Waals surface area contributed by atoms with Gasteiger partial charge in [-0.1, -0.05) is 30.3 Å². The van der Waals surface area contributed by atoms with Crippen molar-refractivity contribution >= 4 is 44.8 Å². The van der Waals surface area contributed by atoms with Crippen LogP contribution in [0.3, 0.4) is 0 Å². The summed E-state index contributed by atoms with van der Waals surface area (Å²) in [6, 6.07) is 9.81. The van der Waals surface area contributed by atoms with Gasteiger partial charge in [0.05, 0.1) is 23.2 Å². The van der Waals surface area contributed by atoms with Crippen LogP contribution in [0.4, 0.5) is 5.00 Å². The molecule has 1 aliphatic carbocycles.